The third-order valence-electron chi connectivity index (χ3n) is 3.36. The van der Waals surface area contributed by atoms with E-state index in [1.807, 2.05) is 6.92 Å². The van der Waals surface area contributed by atoms with Gasteiger partial charge in [0.05, 0.1) is 4.99 Å². The first-order chi connectivity index (χ1) is 8.08. The summed E-state index contributed by atoms with van der Waals surface area (Å²) < 4.78 is 0. The lowest BCUT2D eigenvalue weighted by Crippen LogP contribution is -2.36. The van der Waals surface area contributed by atoms with Crippen LogP contribution in [-0.2, 0) is 4.79 Å². The van der Waals surface area contributed by atoms with Crippen LogP contribution in [0, 0.1) is 5.92 Å². The second-order valence-corrected chi connectivity index (χ2v) is 5.73. The first kappa shape index (κ1) is 14.4. The predicted molar refractivity (Wildman–Crippen MR) is 74.8 cm³/mol. The van der Waals surface area contributed by atoms with E-state index >= 15 is 0 Å². The van der Waals surface area contributed by atoms with Crippen molar-refractivity contribution in [3.05, 3.63) is 0 Å². The average molecular weight is 256 g/mol. The number of nitrogens with two attached hydrogens (primary N) is 1. The summed E-state index contributed by atoms with van der Waals surface area (Å²) in [5, 5.41) is 2.97. The van der Waals surface area contributed by atoms with Gasteiger partial charge in [-0.15, -0.1) is 0 Å². The largest absolute Gasteiger partial charge is 0.393 e. The highest BCUT2D eigenvalue weighted by atomic mass is 32.1. The maximum atomic E-state index is 11.8. The van der Waals surface area contributed by atoms with Crippen LogP contribution in [-0.4, -0.2) is 16.9 Å². The van der Waals surface area contributed by atoms with Crippen molar-refractivity contribution in [3.63, 3.8) is 0 Å². The standard InChI is InChI=1S/C13H24N2OS/c1-10(8-12(14)17)15-13(16)9-11-6-4-2-3-5-7-11/h10-11H,2-9H2,1H3,(H2,14,17)(H,15,16). The number of hydrogen-bond acceptors (Lipinski definition) is 2. The summed E-state index contributed by atoms with van der Waals surface area (Å²) in [6.07, 6.45) is 8.88. The second kappa shape index (κ2) is 7.64. The summed E-state index contributed by atoms with van der Waals surface area (Å²) in [7, 11) is 0. The van der Waals surface area contributed by atoms with E-state index in [0.717, 1.165) is 0 Å². The maximum Gasteiger partial charge on any atom is 0.220 e. The van der Waals surface area contributed by atoms with Gasteiger partial charge in [0.15, 0.2) is 0 Å². The molecule has 0 bridgehead atoms. The summed E-state index contributed by atoms with van der Waals surface area (Å²) in [6, 6.07) is 0.0609. The minimum Gasteiger partial charge on any atom is -0.393 e. The molecule has 3 N–H and O–H groups in total. The third kappa shape index (κ3) is 6.61. The summed E-state index contributed by atoms with van der Waals surface area (Å²) in [4.78, 5) is 12.3. The van der Waals surface area contributed by atoms with Gasteiger partial charge in [-0.05, 0) is 25.7 Å². The molecule has 0 radical (unpaired) electrons. The van der Waals surface area contributed by atoms with Crippen molar-refractivity contribution in [1.29, 1.82) is 0 Å². The van der Waals surface area contributed by atoms with Crippen molar-refractivity contribution in [1.82, 2.24) is 5.32 Å². The Morgan fingerprint density at radius 2 is 1.94 bits per heavy atom. The molecule has 1 saturated carbocycles. The normalized spacial score (nSPS) is 19.4. The minimum atomic E-state index is 0.0609. The highest BCUT2D eigenvalue weighted by Gasteiger charge is 2.17. The highest BCUT2D eigenvalue weighted by Crippen LogP contribution is 2.25. The molecule has 3 nitrogen and oxygen atoms in total. The summed E-state index contributed by atoms with van der Waals surface area (Å²) in [6.45, 7) is 1.95. The molecule has 0 spiro atoms. The van der Waals surface area contributed by atoms with Gasteiger partial charge in [0.1, 0.15) is 0 Å². The quantitative estimate of drug-likeness (QED) is 0.587. The van der Waals surface area contributed by atoms with Crippen LogP contribution >= 0.6 is 12.2 Å². The Labute approximate surface area is 110 Å². The smallest absolute Gasteiger partial charge is 0.220 e. The molecule has 0 aromatic heterocycles. The van der Waals surface area contributed by atoms with Crippen LogP contribution in [0.5, 0.6) is 0 Å². The molecule has 1 rings (SSSR count). The molecule has 0 aromatic rings. The molecule has 0 heterocycles. The lowest BCUT2D eigenvalue weighted by atomic mass is 9.96. The van der Waals surface area contributed by atoms with Crippen LogP contribution in [0.15, 0.2) is 0 Å². The summed E-state index contributed by atoms with van der Waals surface area (Å²) in [5.41, 5.74) is 5.45. The topological polar surface area (TPSA) is 55.1 Å². The van der Waals surface area contributed by atoms with E-state index in [4.69, 9.17) is 18.0 Å². The summed E-state index contributed by atoms with van der Waals surface area (Å²) in [5.74, 6) is 0.732. The fraction of sp³-hybridized carbons (Fsp3) is 0.846. The second-order valence-electron chi connectivity index (χ2n) is 5.20. The Hall–Kier alpha value is -0.640. The van der Waals surface area contributed by atoms with Gasteiger partial charge < -0.3 is 11.1 Å². The zero-order chi connectivity index (χ0) is 12.7. The number of hydrogen-bond donors (Lipinski definition) is 2. The monoisotopic (exact) mass is 256 g/mol. The van der Waals surface area contributed by atoms with Gasteiger partial charge in [-0.2, -0.15) is 0 Å². The lowest BCUT2D eigenvalue weighted by molar-refractivity contribution is -0.122. The van der Waals surface area contributed by atoms with Crippen molar-refractivity contribution in [2.45, 2.75) is 64.3 Å². The van der Waals surface area contributed by atoms with E-state index in [2.05, 4.69) is 5.32 Å². The Kier molecular flexibility index (Phi) is 6.48. The Bertz CT molecular complexity index is 260. The molecule has 4 heteroatoms. The van der Waals surface area contributed by atoms with Crippen molar-refractivity contribution < 1.29 is 4.79 Å². The number of nitrogens with one attached hydrogen (secondary N) is 1. The third-order valence-corrected chi connectivity index (χ3v) is 3.53. The molecule has 1 amide bonds. The fourth-order valence-electron chi connectivity index (χ4n) is 2.52. The van der Waals surface area contributed by atoms with Gasteiger partial charge in [-0.25, -0.2) is 0 Å². The van der Waals surface area contributed by atoms with Crippen LogP contribution < -0.4 is 11.1 Å². The van der Waals surface area contributed by atoms with Crippen molar-refractivity contribution in [3.8, 4) is 0 Å². The number of carbonyl (C=O) groups excluding carboxylic acids is 1. The maximum absolute atomic E-state index is 11.8. The molecule has 0 aromatic carbocycles. The molecule has 0 aliphatic heterocycles. The molecule has 17 heavy (non-hydrogen) atoms. The Morgan fingerprint density at radius 1 is 1.35 bits per heavy atom. The van der Waals surface area contributed by atoms with Gasteiger partial charge in [-0.3, -0.25) is 4.79 Å². The molecule has 1 fully saturated rings. The first-order valence-electron chi connectivity index (χ1n) is 6.65. The van der Waals surface area contributed by atoms with Crippen LogP contribution in [0.4, 0.5) is 0 Å². The van der Waals surface area contributed by atoms with E-state index < -0.39 is 0 Å². The van der Waals surface area contributed by atoms with E-state index in [9.17, 15) is 4.79 Å². The molecule has 98 valence electrons. The van der Waals surface area contributed by atoms with E-state index in [-0.39, 0.29) is 11.9 Å². The average Bonchev–Trinajstić information content (AvgIpc) is 2.44. The van der Waals surface area contributed by atoms with E-state index in [1.54, 1.807) is 0 Å². The van der Waals surface area contributed by atoms with Gasteiger partial charge in [-0.1, -0.05) is 37.9 Å². The summed E-state index contributed by atoms with van der Waals surface area (Å²) >= 11 is 4.83. The van der Waals surface area contributed by atoms with Gasteiger partial charge in [0.2, 0.25) is 5.91 Å². The van der Waals surface area contributed by atoms with Crippen molar-refractivity contribution in [2.24, 2.45) is 11.7 Å². The zero-order valence-corrected chi connectivity index (χ0v) is 11.5. The van der Waals surface area contributed by atoms with Crippen LogP contribution in [0.25, 0.3) is 0 Å². The molecule has 1 atom stereocenters. The molecule has 0 saturated heterocycles. The molecular formula is C13H24N2OS. The fourth-order valence-corrected chi connectivity index (χ4v) is 2.77. The van der Waals surface area contributed by atoms with E-state index in [0.29, 0.717) is 23.7 Å². The molecule has 1 aliphatic carbocycles. The van der Waals surface area contributed by atoms with Crippen LogP contribution in [0.2, 0.25) is 0 Å². The molecule has 1 aliphatic rings. The number of carbonyl (C=O) groups is 1. The zero-order valence-electron chi connectivity index (χ0n) is 10.7. The first-order valence-corrected chi connectivity index (χ1v) is 7.06. The Morgan fingerprint density at radius 3 is 2.47 bits per heavy atom. The predicted octanol–water partition coefficient (Wildman–Crippen LogP) is 2.53. The lowest BCUT2D eigenvalue weighted by Gasteiger charge is -2.17. The highest BCUT2D eigenvalue weighted by molar-refractivity contribution is 7.80. The molecular weight excluding hydrogens is 232 g/mol. The van der Waals surface area contributed by atoms with Crippen LogP contribution in [0.3, 0.4) is 0 Å². The van der Waals surface area contributed by atoms with Crippen LogP contribution in [0.1, 0.15) is 58.3 Å². The van der Waals surface area contributed by atoms with Gasteiger partial charge in [0.25, 0.3) is 0 Å². The number of amides is 1. The number of thiocarbonyl (C=S) groups is 1. The van der Waals surface area contributed by atoms with Gasteiger partial charge >= 0.3 is 0 Å². The van der Waals surface area contributed by atoms with Crippen molar-refractivity contribution in [2.75, 3.05) is 0 Å². The molecule has 1 unspecified atom stereocenters. The van der Waals surface area contributed by atoms with Crippen molar-refractivity contribution >= 4 is 23.1 Å². The van der Waals surface area contributed by atoms with Gasteiger partial charge in [0, 0.05) is 18.9 Å². The number of rotatable bonds is 5. The minimum absolute atomic E-state index is 0.0609. The Balaban J connectivity index is 2.25. The SMILES string of the molecule is CC(CC(N)=S)NC(=O)CC1CCCCCC1. The van der Waals surface area contributed by atoms with E-state index in [1.165, 1.54) is 38.5 Å².